The van der Waals surface area contributed by atoms with Crippen molar-refractivity contribution in [3.8, 4) is 5.75 Å². The molecule has 5 nitrogen and oxygen atoms in total. The number of nitrogens with one attached hydrogen (secondary N) is 1. The first-order chi connectivity index (χ1) is 11.7. The quantitative estimate of drug-likeness (QED) is 0.875. The largest absolute Gasteiger partial charge is 0.487 e. The highest BCUT2D eigenvalue weighted by atomic mass is 32.1. The Balaban J connectivity index is 1.39. The van der Waals surface area contributed by atoms with Crippen molar-refractivity contribution in [3.63, 3.8) is 0 Å². The summed E-state index contributed by atoms with van der Waals surface area (Å²) < 4.78 is 5.87. The number of rotatable bonds is 6. The molecule has 1 N–H and O–H groups in total. The molecule has 0 aromatic carbocycles. The van der Waals surface area contributed by atoms with Gasteiger partial charge < -0.3 is 15.0 Å². The van der Waals surface area contributed by atoms with E-state index in [9.17, 15) is 4.79 Å². The molecule has 0 radical (unpaired) electrons. The average Bonchev–Trinajstić information content (AvgIpc) is 3.26. The number of carbonyl (C=O) groups is 1. The van der Waals surface area contributed by atoms with Crippen molar-refractivity contribution in [1.82, 2.24) is 15.2 Å². The summed E-state index contributed by atoms with van der Waals surface area (Å²) in [5, 5.41) is 5.14. The Kier molecular flexibility index (Phi) is 5.69. The minimum atomic E-state index is 0.00492. The van der Waals surface area contributed by atoms with Crippen LogP contribution in [0.25, 0.3) is 0 Å². The molecule has 0 unspecified atom stereocenters. The highest BCUT2D eigenvalue weighted by Gasteiger charge is 2.27. The summed E-state index contributed by atoms with van der Waals surface area (Å²) in [6.45, 7) is 4.22. The van der Waals surface area contributed by atoms with E-state index in [1.165, 1.54) is 4.88 Å². The van der Waals surface area contributed by atoms with Gasteiger partial charge in [0.2, 0.25) is 0 Å². The number of amides is 2. The van der Waals surface area contributed by atoms with E-state index in [0.29, 0.717) is 19.0 Å². The van der Waals surface area contributed by atoms with Crippen LogP contribution in [0.3, 0.4) is 0 Å². The van der Waals surface area contributed by atoms with Gasteiger partial charge in [0.25, 0.3) is 0 Å². The second-order valence-electron chi connectivity index (χ2n) is 6.24. The zero-order valence-electron chi connectivity index (χ0n) is 13.9. The molecule has 128 valence electrons. The van der Waals surface area contributed by atoms with E-state index in [2.05, 4.69) is 34.7 Å². The Morgan fingerprint density at radius 3 is 3.17 bits per heavy atom. The van der Waals surface area contributed by atoms with Gasteiger partial charge in [-0.1, -0.05) is 13.0 Å². The van der Waals surface area contributed by atoms with Crippen molar-refractivity contribution in [2.24, 2.45) is 5.92 Å². The molecule has 2 atom stereocenters. The molecule has 0 spiro atoms. The molecule has 0 aliphatic carbocycles. The van der Waals surface area contributed by atoms with Gasteiger partial charge >= 0.3 is 6.03 Å². The third kappa shape index (κ3) is 4.71. The van der Waals surface area contributed by atoms with Gasteiger partial charge in [-0.15, -0.1) is 11.3 Å². The monoisotopic (exact) mass is 345 g/mol. The van der Waals surface area contributed by atoms with E-state index < -0.39 is 0 Å². The number of nitrogens with zero attached hydrogens (tertiary/aromatic N) is 2. The topological polar surface area (TPSA) is 54.5 Å². The van der Waals surface area contributed by atoms with Crippen molar-refractivity contribution in [2.75, 3.05) is 19.6 Å². The molecular weight excluding hydrogens is 322 g/mol. The number of likely N-dealkylation sites (tertiary alicyclic amines) is 1. The number of ether oxygens (including phenoxy) is 1. The van der Waals surface area contributed by atoms with Gasteiger partial charge in [-0.25, -0.2) is 4.79 Å². The second-order valence-corrected chi connectivity index (χ2v) is 7.27. The van der Waals surface area contributed by atoms with Crippen molar-refractivity contribution in [3.05, 3.63) is 46.9 Å². The lowest BCUT2D eigenvalue weighted by atomic mass is 10.1. The highest BCUT2D eigenvalue weighted by Crippen LogP contribution is 2.18. The zero-order valence-corrected chi connectivity index (χ0v) is 14.7. The van der Waals surface area contributed by atoms with Crippen LogP contribution in [0, 0.1) is 5.92 Å². The number of carbonyl (C=O) groups excluding carboxylic acids is 1. The summed E-state index contributed by atoms with van der Waals surface area (Å²) in [7, 11) is 0. The minimum absolute atomic E-state index is 0.00492. The molecule has 24 heavy (non-hydrogen) atoms. The van der Waals surface area contributed by atoms with Crippen LogP contribution in [0.15, 0.2) is 42.0 Å². The first-order valence-electron chi connectivity index (χ1n) is 8.32. The number of hydrogen-bond donors (Lipinski definition) is 1. The van der Waals surface area contributed by atoms with Gasteiger partial charge in [-0.3, -0.25) is 4.98 Å². The number of thiophene rings is 1. The molecule has 2 amide bonds. The van der Waals surface area contributed by atoms with Gasteiger partial charge in [0, 0.05) is 30.6 Å². The lowest BCUT2D eigenvalue weighted by molar-refractivity contribution is 0.185. The standard InChI is InChI=1S/C18H23N3O2S/c1-14(10-17-5-3-9-24-17)11-20-18(22)21-8-6-16(13-21)23-15-4-2-7-19-12-15/h2-5,7,9,12,14,16H,6,8,10-11,13H2,1H3,(H,20,22)/t14-,16-/m1/s1. The van der Waals surface area contributed by atoms with E-state index in [0.717, 1.165) is 25.1 Å². The summed E-state index contributed by atoms with van der Waals surface area (Å²) in [6.07, 6.45) is 5.33. The molecule has 2 aromatic heterocycles. The Hall–Kier alpha value is -2.08. The molecule has 2 aromatic rings. The molecule has 3 rings (SSSR count). The molecule has 1 aliphatic heterocycles. The summed E-state index contributed by atoms with van der Waals surface area (Å²) in [5.74, 6) is 1.19. The Morgan fingerprint density at radius 1 is 1.50 bits per heavy atom. The molecule has 0 bridgehead atoms. The Morgan fingerprint density at radius 2 is 2.42 bits per heavy atom. The molecule has 1 saturated heterocycles. The van der Waals surface area contributed by atoms with Crippen molar-refractivity contribution < 1.29 is 9.53 Å². The van der Waals surface area contributed by atoms with Gasteiger partial charge in [-0.2, -0.15) is 0 Å². The fourth-order valence-electron chi connectivity index (χ4n) is 2.84. The highest BCUT2D eigenvalue weighted by molar-refractivity contribution is 7.09. The number of pyridine rings is 1. The maximum atomic E-state index is 12.3. The van der Waals surface area contributed by atoms with Crippen LogP contribution >= 0.6 is 11.3 Å². The lowest BCUT2D eigenvalue weighted by Crippen LogP contribution is -2.41. The SMILES string of the molecule is C[C@@H](CNC(=O)N1CC[C@@H](Oc2cccnc2)C1)Cc1cccs1. The number of urea groups is 1. The molecule has 0 saturated carbocycles. The molecule has 1 fully saturated rings. The maximum Gasteiger partial charge on any atom is 0.317 e. The van der Waals surface area contributed by atoms with Crippen molar-refractivity contribution >= 4 is 17.4 Å². The zero-order chi connectivity index (χ0) is 16.8. The molecular formula is C18H23N3O2S. The van der Waals surface area contributed by atoms with Crippen LogP contribution in [-0.2, 0) is 6.42 Å². The number of aromatic nitrogens is 1. The van der Waals surface area contributed by atoms with Crippen molar-refractivity contribution in [1.29, 1.82) is 0 Å². The summed E-state index contributed by atoms with van der Waals surface area (Å²) in [4.78, 5) is 19.5. The fraction of sp³-hybridized carbons (Fsp3) is 0.444. The summed E-state index contributed by atoms with van der Waals surface area (Å²) in [5.41, 5.74) is 0. The molecule has 3 heterocycles. The van der Waals surface area contributed by atoms with Gasteiger partial charge in [0.1, 0.15) is 11.9 Å². The van der Waals surface area contributed by atoms with E-state index in [-0.39, 0.29) is 12.1 Å². The average molecular weight is 345 g/mol. The van der Waals surface area contributed by atoms with E-state index in [4.69, 9.17) is 4.74 Å². The maximum absolute atomic E-state index is 12.3. The fourth-order valence-corrected chi connectivity index (χ4v) is 3.71. The van der Waals surface area contributed by atoms with E-state index in [1.54, 1.807) is 23.7 Å². The summed E-state index contributed by atoms with van der Waals surface area (Å²) >= 11 is 1.77. The first kappa shape index (κ1) is 16.8. The van der Waals surface area contributed by atoms with Gasteiger partial charge in [0.15, 0.2) is 0 Å². The molecule has 1 aliphatic rings. The van der Waals surface area contributed by atoms with Crippen molar-refractivity contribution in [2.45, 2.75) is 25.9 Å². The Bertz CT molecular complexity index is 633. The van der Waals surface area contributed by atoms with E-state index >= 15 is 0 Å². The van der Waals surface area contributed by atoms with Crippen LogP contribution in [0.1, 0.15) is 18.2 Å². The Labute approximate surface area is 146 Å². The first-order valence-corrected chi connectivity index (χ1v) is 9.20. The predicted octanol–water partition coefficient (Wildman–Crippen LogP) is 3.18. The second kappa shape index (κ2) is 8.15. The number of hydrogen-bond acceptors (Lipinski definition) is 4. The van der Waals surface area contributed by atoms with Gasteiger partial charge in [0.05, 0.1) is 12.7 Å². The van der Waals surface area contributed by atoms with Crippen LogP contribution < -0.4 is 10.1 Å². The smallest absolute Gasteiger partial charge is 0.317 e. The minimum Gasteiger partial charge on any atom is -0.487 e. The van der Waals surface area contributed by atoms with Crippen LogP contribution in [-0.4, -0.2) is 41.7 Å². The van der Waals surface area contributed by atoms with Crippen LogP contribution in [0.5, 0.6) is 5.75 Å². The van der Waals surface area contributed by atoms with Gasteiger partial charge in [-0.05, 0) is 35.9 Å². The normalized spacial score (nSPS) is 18.4. The third-order valence-corrected chi connectivity index (χ3v) is 5.00. The summed E-state index contributed by atoms with van der Waals surface area (Å²) in [6, 6.07) is 7.96. The van der Waals surface area contributed by atoms with Crippen LogP contribution in [0.2, 0.25) is 0 Å². The lowest BCUT2D eigenvalue weighted by Gasteiger charge is -2.19. The van der Waals surface area contributed by atoms with E-state index in [1.807, 2.05) is 17.0 Å². The predicted molar refractivity (Wildman–Crippen MR) is 95.4 cm³/mol. The van der Waals surface area contributed by atoms with Crippen LogP contribution in [0.4, 0.5) is 4.79 Å². The third-order valence-electron chi connectivity index (χ3n) is 4.10. The molecule has 6 heteroatoms.